The molecule has 1 aromatic rings. The Hall–Kier alpha value is -0.600. The van der Waals surface area contributed by atoms with Crippen molar-refractivity contribution in [2.75, 3.05) is 6.54 Å². The SMILES string of the molecule is N#CCCN(I)Cc1ccccc1. The van der Waals surface area contributed by atoms with Crippen LogP contribution in [0.5, 0.6) is 0 Å². The zero-order valence-corrected chi connectivity index (χ0v) is 9.44. The molecule has 13 heavy (non-hydrogen) atoms. The van der Waals surface area contributed by atoms with Gasteiger partial charge >= 0.3 is 0 Å². The van der Waals surface area contributed by atoms with Crippen molar-refractivity contribution in [1.82, 2.24) is 3.11 Å². The van der Waals surface area contributed by atoms with Gasteiger partial charge in [-0.2, -0.15) is 5.26 Å². The molecule has 3 heteroatoms. The van der Waals surface area contributed by atoms with E-state index in [1.165, 1.54) is 5.56 Å². The first-order chi connectivity index (χ1) is 6.33. The zero-order valence-electron chi connectivity index (χ0n) is 7.28. The van der Waals surface area contributed by atoms with Crippen LogP contribution < -0.4 is 0 Å². The number of rotatable bonds is 4. The summed E-state index contributed by atoms with van der Waals surface area (Å²) >= 11 is 2.25. The van der Waals surface area contributed by atoms with Crippen molar-refractivity contribution in [1.29, 1.82) is 5.26 Å². The monoisotopic (exact) mass is 286 g/mol. The van der Waals surface area contributed by atoms with Crippen molar-refractivity contribution in [3.05, 3.63) is 35.9 Å². The molecule has 0 aromatic heterocycles. The fourth-order valence-corrected chi connectivity index (χ4v) is 1.67. The molecule has 0 N–H and O–H groups in total. The third-order valence-electron chi connectivity index (χ3n) is 1.66. The quantitative estimate of drug-likeness (QED) is 0.628. The molecule has 0 spiro atoms. The minimum Gasteiger partial charge on any atom is -0.242 e. The van der Waals surface area contributed by atoms with E-state index in [0.717, 1.165) is 13.1 Å². The molecule has 0 radical (unpaired) electrons. The summed E-state index contributed by atoms with van der Waals surface area (Å²) in [6.45, 7) is 1.73. The van der Waals surface area contributed by atoms with E-state index >= 15 is 0 Å². The Morgan fingerprint density at radius 1 is 1.31 bits per heavy atom. The maximum Gasteiger partial charge on any atom is 0.0635 e. The number of nitrogens with zero attached hydrogens (tertiary/aromatic N) is 2. The lowest BCUT2D eigenvalue weighted by molar-refractivity contribution is 0.517. The van der Waals surface area contributed by atoms with Gasteiger partial charge in [-0.15, -0.1) is 0 Å². The lowest BCUT2D eigenvalue weighted by Crippen LogP contribution is -2.11. The average molecular weight is 286 g/mol. The summed E-state index contributed by atoms with van der Waals surface area (Å²) in [6, 6.07) is 12.4. The standard InChI is InChI=1S/C10H11IN2/c11-13(8-4-7-12)9-10-5-2-1-3-6-10/h1-3,5-6H,4,8-9H2. The fraction of sp³-hybridized carbons (Fsp3) is 0.300. The Bertz CT molecular complexity index is 279. The fourth-order valence-electron chi connectivity index (χ4n) is 1.03. The zero-order chi connectivity index (χ0) is 9.52. The van der Waals surface area contributed by atoms with Gasteiger partial charge in [0.05, 0.1) is 6.07 Å². The molecule has 1 aromatic carbocycles. The van der Waals surface area contributed by atoms with Crippen LogP contribution in [0.15, 0.2) is 30.3 Å². The molecule has 0 aliphatic carbocycles. The molecule has 2 nitrogen and oxygen atoms in total. The first-order valence-electron chi connectivity index (χ1n) is 4.14. The first-order valence-corrected chi connectivity index (χ1v) is 5.11. The number of halogens is 1. The molecule has 0 saturated carbocycles. The highest BCUT2D eigenvalue weighted by Gasteiger charge is 1.99. The van der Waals surface area contributed by atoms with E-state index in [1.807, 2.05) is 18.2 Å². The summed E-state index contributed by atoms with van der Waals surface area (Å²) in [7, 11) is 0. The normalized spacial score (nSPS) is 9.92. The van der Waals surface area contributed by atoms with Crippen LogP contribution in [0.2, 0.25) is 0 Å². The Morgan fingerprint density at radius 2 is 2.00 bits per heavy atom. The van der Waals surface area contributed by atoms with Gasteiger partial charge in [0.15, 0.2) is 0 Å². The minimum absolute atomic E-state index is 0.593. The van der Waals surface area contributed by atoms with Crippen LogP contribution in [-0.2, 0) is 6.54 Å². The number of benzene rings is 1. The van der Waals surface area contributed by atoms with Gasteiger partial charge in [0.1, 0.15) is 0 Å². The van der Waals surface area contributed by atoms with Crippen molar-refractivity contribution in [3.63, 3.8) is 0 Å². The van der Waals surface area contributed by atoms with Crippen LogP contribution in [0, 0.1) is 11.3 Å². The van der Waals surface area contributed by atoms with Crippen LogP contribution >= 0.6 is 22.9 Å². The van der Waals surface area contributed by atoms with Gasteiger partial charge in [0.2, 0.25) is 0 Å². The molecular formula is C10H11IN2. The van der Waals surface area contributed by atoms with Gasteiger partial charge in [-0.1, -0.05) is 30.3 Å². The lowest BCUT2D eigenvalue weighted by Gasteiger charge is -2.11. The third-order valence-corrected chi connectivity index (χ3v) is 2.49. The Labute approximate surface area is 92.7 Å². The summed E-state index contributed by atoms with van der Waals surface area (Å²) in [5.74, 6) is 0. The molecule has 0 aliphatic rings. The molecule has 1 rings (SSSR count). The highest BCUT2D eigenvalue weighted by atomic mass is 127. The van der Waals surface area contributed by atoms with Gasteiger partial charge in [-0.05, 0) is 5.56 Å². The number of hydrogen-bond acceptors (Lipinski definition) is 2. The van der Waals surface area contributed by atoms with Crippen LogP contribution in [-0.4, -0.2) is 9.66 Å². The lowest BCUT2D eigenvalue weighted by atomic mass is 10.2. The van der Waals surface area contributed by atoms with Crippen molar-refractivity contribution in [3.8, 4) is 6.07 Å². The first kappa shape index (κ1) is 10.5. The van der Waals surface area contributed by atoms with Crippen LogP contribution in [0.1, 0.15) is 12.0 Å². The van der Waals surface area contributed by atoms with E-state index in [0.29, 0.717) is 6.42 Å². The molecule has 0 saturated heterocycles. The highest BCUT2D eigenvalue weighted by molar-refractivity contribution is 14.1. The average Bonchev–Trinajstić information content (AvgIpc) is 2.16. The van der Waals surface area contributed by atoms with Crippen molar-refractivity contribution in [2.45, 2.75) is 13.0 Å². The van der Waals surface area contributed by atoms with E-state index in [2.05, 4.69) is 44.2 Å². The summed E-state index contributed by atoms with van der Waals surface area (Å²) in [5, 5.41) is 8.40. The van der Waals surface area contributed by atoms with Crippen LogP contribution in [0.4, 0.5) is 0 Å². The number of hydrogen-bond donors (Lipinski definition) is 0. The number of nitriles is 1. The largest absolute Gasteiger partial charge is 0.242 e. The molecule has 0 unspecified atom stereocenters. The highest BCUT2D eigenvalue weighted by Crippen LogP contribution is 2.08. The van der Waals surface area contributed by atoms with E-state index in [4.69, 9.17) is 5.26 Å². The predicted molar refractivity (Wildman–Crippen MR) is 61.1 cm³/mol. The maximum absolute atomic E-state index is 8.40. The molecule has 0 aliphatic heterocycles. The van der Waals surface area contributed by atoms with E-state index in [-0.39, 0.29) is 0 Å². The van der Waals surface area contributed by atoms with E-state index < -0.39 is 0 Å². The molecule has 0 fully saturated rings. The molecule has 68 valence electrons. The van der Waals surface area contributed by atoms with Crippen molar-refractivity contribution < 1.29 is 0 Å². The second-order valence-corrected chi connectivity index (χ2v) is 4.10. The minimum atomic E-state index is 0.593. The second-order valence-electron chi connectivity index (χ2n) is 2.74. The van der Waals surface area contributed by atoms with Gasteiger partial charge in [-0.25, -0.2) is 3.11 Å². The van der Waals surface area contributed by atoms with Gasteiger partial charge in [0, 0.05) is 42.4 Å². The van der Waals surface area contributed by atoms with Gasteiger partial charge in [-0.3, -0.25) is 0 Å². The Balaban J connectivity index is 2.37. The Morgan fingerprint density at radius 3 is 2.62 bits per heavy atom. The smallest absolute Gasteiger partial charge is 0.0635 e. The molecule has 0 amide bonds. The second kappa shape index (κ2) is 5.95. The van der Waals surface area contributed by atoms with Crippen LogP contribution in [0.3, 0.4) is 0 Å². The molecule has 0 heterocycles. The summed E-state index contributed by atoms with van der Waals surface area (Å²) in [5.41, 5.74) is 1.29. The molecule has 0 atom stereocenters. The molecule has 0 bridgehead atoms. The van der Waals surface area contributed by atoms with E-state index in [9.17, 15) is 0 Å². The maximum atomic E-state index is 8.40. The summed E-state index contributed by atoms with van der Waals surface area (Å²) in [6.07, 6.45) is 0.593. The molecular weight excluding hydrogens is 275 g/mol. The van der Waals surface area contributed by atoms with Gasteiger partial charge in [0.25, 0.3) is 0 Å². The third kappa shape index (κ3) is 4.25. The van der Waals surface area contributed by atoms with E-state index in [1.54, 1.807) is 0 Å². The van der Waals surface area contributed by atoms with Crippen LogP contribution in [0.25, 0.3) is 0 Å². The Kier molecular flexibility index (Phi) is 4.79. The summed E-state index contributed by atoms with van der Waals surface area (Å²) < 4.78 is 2.12. The topological polar surface area (TPSA) is 27.0 Å². The van der Waals surface area contributed by atoms with Crippen molar-refractivity contribution >= 4 is 22.9 Å². The van der Waals surface area contributed by atoms with Gasteiger partial charge < -0.3 is 0 Å². The summed E-state index contributed by atoms with van der Waals surface area (Å²) in [4.78, 5) is 0. The van der Waals surface area contributed by atoms with Crippen molar-refractivity contribution in [2.24, 2.45) is 0 Å². The predicted octanol–water partition coefficient (Wildman–Crippen LogP) is 2.75.